The molecular formula is C22H26ClFN2O2. The molecule has 0 aliphatic carbocycles. The lowest BCUT2D eigenvalue weighted by molar-refractivity contribution is -0.140. The highest BCUT2D eigenvalue weighted by Gasteiger charge is 2.26. The Bertz CT molecular complexity index is 793. The highest BCUT2D eigenvalue weighted by atomic mass is 35.5. The van der Waals surface area contributed by atoms with Gasteiger partial charge >= 0.3 is 0 Å². The number of hydrogen-bond acceptors (Lipinski definition) is 2. The van der Waals surface area contributed by atoms with Crippen LogP contribution in [0.5, 0.6) is 0 Å². The third-order valence-electron chi connectivity index (χ3n) is 4.70. The molecule has 0 spiro atoms. The maximum Gasteiger partial charge on any atom is 0.242 e. The van der Waals surface area contributed by atoms with Crippen molar-refractivity contribution in [2.45, 2.75) is 52.2 Å². The van der Waals surface area contributed by atoms with Crippen molar-refractivity contribution in [3.05, 3.63) is 70.5 Å². The van der Waals surface area contributed by atoms with Gasteiger partial charge in [-0.05, 0) is 55.7 Å². The molecule has 0 saturated heterocycles. The molecule has 6 heteroatoms. The molecule has 0 aliphatic rings. The van der Waals surface area contributed by atoms with Gasteiger partial charge in [-0.15, -0.1) is 0 Å². The SMILES string of the molecule is CC[C@H](C)NC(=O)[C@H](C)N(Cc1ccc(Cl)cc1)C(=O)Cc1ccc(F)cc1. The van der Waals surface area contributed by atoms with Gasteiger partial charge in [0.2, 0.25) is 11.8 Å². The molecule has 2 atom stereocenters. The van der Waals surface area contributed by atoms with Gasteiger partial charge < -0.3 is 10.2 Å². The highest BCUT2D eigenvalue weighted by Crippen LogP contribution is 2.15. The molecule has 0 aromatic heterocycles. The van der Waals surface area contributed by atoms with Crippen molar-refractivity contribution in [2.24, 2.45) is 0 Å². The van der Waals surface area contributed by atoms with Gasteiger partial charge in [-0.25, -0.2) is 4.39 Å². The molecule has 0 radical (unpaired) electrons. The first-order chi connectivity index (χ1) is 13.3. The Balaban J connectivity index is 2.20. The lowest BCUT2D eigenvalue weighted by Crippen LogP contribution is -2.49. The molecule has 2 amide bonds. The van der Waals surface area contributed by atoms with Crippen LogP contribution in [-0.2, 0) is 22.6 Å². The van der Waals surface area contributed by atoms with Crippen LogP contribution in [0.1, 0.15) is 38.3 Å². The standard InChI is InChI=1S/C22H26ClFN2O2/c1-4-15(2)25-22(28)16(3)26(14-18-5-9-19(23)10-6-18)21(27)13-17-7-11-20(24)12-8-17/h5-12,15-16H,4,13-14H2,1-3H3,(H,25,28)/t15-,16-/m0/s1. The van der Waals surface area contributed by atoms with Gasteiger partial charge in [-0.3, -0.25) is 9.59 Å². The second-order valence-corrected chi connectivity index (χ2v) is 7.38. The fourth-order valence-electron chi connectivity index (χ4n) is 2.71. The van der Waals surface area contributed by atoms with Crippen molar-refractivity contribution < 1.29 is 14.0 Å². The van der Waals surface area contributed by atoms with Crippen LogP contribution >= 0.6 is 11.6 Å². The van der Waals surface area contributed by atoms with Crippen molar-refractivity contribution in [2.75, 3.05) is 0 Å². The van der Waals surface area contributed by atoms with Crippen molar-refractivity contribution in [1.82, 2.24) is 10.2 Å². The molecule has 150 valence electrons. The number of carbonyl (C=O) groups excluding carboxylic acids is 2. The van der Waals surface area contributed by atoms with E-state index in [0.717, 1.165) is 12.0 Å². The number of halogens is 2. The summed E-state index contributed by atoms with van der Waals surface area (Å²) in [5.41, 5.74) is 1.57. The molecule has 0 heterocycles. The first-order valence-corrected chi connectivity index (χ1v) is 9.76. The van der Waals surface area contributed by atoms with E-state index in [-0.39, 0.29) is 36.6 Å². The van der Waals surface area contributed by atoms with E-state index >= 15 is 0 Å². The van der Waals surface area contributed by atoms with Gasteiger partial charge in [0.05, 0.1) is 6.42 Å². The summed E-state index contributed by atoms with van der Waals surface area (Å²) in [6, 6.07) is 12.4. The van der Waals surface area contributed by atoms with Crippen LogP contribution in [0.4, 0.5) is 4.39 Å². The number of rotatable bonds is 8. The van der Waals surface area contributed by atoms with Crippen LogP contribution in [0, 0.1) is 5.82 Å². The first-order valence-electron chi connectivity index (χ1n) is 9.39. The largest absolute Gasteiger partial charge is 0.352 e. The van der Waals surface area contributed by atoms with Crippen molar-refractivity contribution >= 4 is 23.4 Å². The van der Waals surface area contributed by atoms with Gasteiger partial charge in [0.25, 0.3) is 0 Å². The Kier molecular flexibility index (Phi) is 8.00. The number of amides is 2. The summed E-state index contributed by atoms with van der Waals surface area (Å²) >= 11 is 5.94. The molecule has 4 nitrogen and oxygen atoms in total. The van der Waals surface area contributed by atoms with E-state index in [9.17, 15) is 14.0 Å². The van der Waals surface area contributed by atoms with Gasteiger partial charge in [0.15, 0.2) is 0 Å². The first kappa shape index (κ1) is 21.9. The third-order valence-corrected chi connectivity index (χ3v) is 4.96. The zero-order valence-corrected chi connectivity index (χ0v) is 17.2. The van der Waals surface area contributed by atoms with Crippen molar-refractivity contribution in [3.63, 3.8) is 0 Å². The number of nitrogens with zero attached hydrogens (tertiary/aromatic N) is 1. The van der Waals surface area contributed by atoms with E-state index in [4.69, 9.17) is 11.6 Å². The van der Waals surface area contributed by atoms with Crippen LogP contribution < -0.4 is 5.32 Å². The lowest BCUT2D eigenvalue weighted by Gasteiger charge is -2.30. The minimum Gasteiger partial charge on any atom is -0.352 e. The molecule has 0 aliphatic heterocycles. The molecule has 0 saturated carbocycles. The summed E-state index contributed by atoms with van der Waals surface area (Å²) in [7, 11) is 0. The quantitative estimate of drug-likeness (QED) is 0.710. The molecule has 2 aromatic rings. The Hall–Kier alpha value is -2.40. The fourth-order valence-corrected chi connectivity index (χ4v) is 2.84. The maximum atomic E-state index is 13.1. The normalized spacial score (nSPS) is 12.9. The number of hydrogen-bond donors (Lipinski definition) is 1. The molecule has 2 aromatic carbocycles. The average Bonchev–Trinajstić information content (AvgIpc) is 2.68. The zero-order chi connectivity index (χ0) is 20.7. The van der Waals surface area contributed by atoms with Crippen molar-refractivity contribution in [3.8, 4) is 0 Å². The minimum absolute atomic E-state index is 0.0273. The fraction of sp³-hybridized carbons (Fsp3) is 0.364. The molecule has 1 N–H and O–H groups in total. The molecule has 2 rings (SSSR count). The van der Waals surface area contributed by atoms with Crippen LogP contribution in [-0.4, -0.2) is 28.8 Å². The summed E-state index contributed by atoms with van der Waals surface area (Å²) in [5, 5.41) is 3.53. The van der Waals surface area contributed by atoms with E-state index in [2.05, 4.69) is 5.32 Å². The summed E-state index contributed by atoms with van der Waals surface area (Å²) in [4.78, 5) is 27.2. The van der Waals surface area contributed by atoms with Gasteiger partial charge in [0.1, 0.15) is 11.9 Å². The molecule has 28 heavy (non-hydrogen) atoms. The van der Waals surface area contributed by atoms with E-state index in [1.165, 1.54) is 12.1 Å². The highest BCUT2D eigenvalue weighted by molar-refractivity contribution is 6.30. The Morgan fingerprint density at radius 1 is 1.04 bits per heavy atom. The number of nitrogens with one attached hydrogen (secondary N) is 1. The number of carbonyl (C=O) groups is 2. The van der Waals surface area contributed by atoms with Gasteiger partial charge in [-0.2, -0.15) is 0 Å². The zero-order valence-electron chi connectivity index (χ0n) is 16.4. The van der Waals surface area contributed by atoms with Crippen LogP contribution in [0.25, 0.3) is 0 Å². The predicted octanol–water partition coefficient (Wildman–Crippen LogP) is 4.35. The Morgan fingerprint density at radius 2 is 1.61 bits per heavy atom. The summed E-state index contributed by atoms with van der Waals surface area (Å²) < 4.78 is 13.1. The average molecular weight is 405 g/mol. The van der Waals surface area contributed by atoms with E-state index in [0.29, 0.717) is 10.6 Å². The van der Waals surface area contributed by atoms with Crippen molar-refractivity contribution in [1.29, 1.82) is 0 Å². The summed E-state index contributed by atoms with van der Waals surface area (Å²) in [6.45, 7) is 5.91. The number of benzene rings is 2. The van der Waals surface area contributed by atoms with Crippen LogP contribution in [0.3, 0.4) is 0 Å². The smallest absolute Gasteiger partial charge is 0.242 e. The summed E-state index contributed by atoms with van der Waals surface area (Å²) in [5.74, 6) is -0.750. The second kappa shape index (κ2) is 10.2. The topological polar surface area (TPSA) is 49.4 Å². The monoisotopic (exact) mass is 404 g/mol. The van der Waals surface area contributed by atoms with Gasteiger partial charge in [-0.1, -0.05) is 42.8 Å². The minimum atomic E-state index is -0.641. The Labute approximate surface area is 170 Å². The van der Waals surface area contributed by atoms with E-state index < -0.39 is 6.04 Å². The molecule has 0 bridgehead atoms. The third kappa shape index (κ3) is 6.34. The van der Waals surface area contributed by atoms with E-state index in [1.54, 1.807) is 36.1 Å². The van der Waals surface area contributed by atoms with Gasteiger partial charge in [0, 0.05) is 17.6 Å². The maximum absolute atomic E-state index is 13.1. The lowest BCUT2D eigenvalue weighted by atomic mass is 10.1. The predicted molar refractivity (Wildman–Crippen MR) is 109 cm³/mol. The Morgan fingerprint density at radius 3 is 2.18 bits per heavy atom. The van der Waals surface area contributed by atoms with Crippen LogP contribution in [0.15, 0.2) is 48.5 Å². The summed E-state index contributed by atoms with van der Waals surface area (Å²) in [6.07, 6.45) is 0.897. The second-order valence-electron chi connectivity index (χ2n) is 6.95. The van der Waals surface area contributed by atoms with E-state index in [1.807, 2.05) is 26.0 Å². The molecule has 0 unspecified atom stereocenters. The molecule has 0 fully saturated rings. The molecular weight excluding hydrogens is 379 g/mol. The van der Waals surface area contributed by atoms with Crippen LogP contribution in [0.2, 0.25) is 5.02 Å².